The number of hydrogen-bond donors (Lipinski definition) is 1. The molecule has 0 saturated carbocycles. The number of hydrogen-bond acceptors (Lipinski definition) is 2. The zero-order chi connectivity index (χ0) is 13.4. The van der Waals surface area contributed by atoms with Crippen LogP contribution >= 0.6 is 0 Å². The molecule has 0 aliphatic carbocycles. The minimum Gasteiger partial charge on any atom is -0.478 e. The fraction of sp³-hybridized carbons (Fsp3) is 0.500. The Morgan fingerprint density at radius 2 is 1.94 bits per heavy atom. The normalized spacial score (nSPS) is 12.3. The molecule has 18 heavy (non-hydrogen) atoms. The van der Waals surface area contributed by atoms with E-state index in [4.69, 9.17) is 5.11 Å². The van der Waals surface area contributed by atoms with Crippen LogP contribution in [0.2, 0.25) is 0 Å². The first kappa shape index (κ1) is 14.9. The van der Waals surface area contributed by atoms with Crippen LogP contribution in [-0.4, -0.2) is 21.0 Å². The second kappa shape index (κ2) is 8.03. The van der Waals surface area contributed by atoms with Gasteiger partial charge in [0, 0.05) is 10.6 Å². The van der Waals surface area contributed by atoms with Crippen molar-refractivity contribution in [3.05, 3.63) is 29.8 Å². The lowest BCUT2D eigenvalue weighted by Crippen LogP contribution is -2.01. The molecule has 0 radical (unpaired) electrons. The van der Waals surface area contributed by atoms with Gasteiger partial charge >= 0.3 is 5.97 Å². The Bertz CT molecular complexity index is 415. The van der Waals surface area contributed by atoms with E-state index in [2.05, 4.69) is 6.92 Å². The monoisotopic (exact) mass is 268 g/mol. The molecule has 3 nitrogen and oxygen atoms in total. The predicted molar refractivity (Wildman–Crippen MR) is 73.4 cm³/mol. The summed E-state index contributed by atoms with van der Waals surface area (Å²) in [6.45, 7) is 2.16. The highest BCUT2D eigenvalue weighted by atomic mass is 32.2. The van der Waals surface area contributed by atoms with E-state index in [1.54, 1.807) is 12.1 Å². The lowest BCUT2D eigenvalue weighted by Gasteiger charge is -2.03. The van der Waals surface area contributed by atoms with Crippen LogP contribution in [0.15, 0.2) is 29.2 Å². The van der Waals surface area contributed by atoms with E-state index in [0.717, 1.165) is 12.8 Å². The smallest absolute Gasteiger partial charge is 0.335 e. The zero-order valence-corrected chi connectivity index (χ0v) is 11.5. The molecule has 100 valence electrons. The lowest BCUT2D eigenvalue weighted by molar-refractivity contribution is 0.0696. The molecular formula is C14H20O3S. The summed E-state index contributed by atoms with van der Waals surface area (Å²) in [6.07, 6.45) is 5.63. The summed E-state index contributed by atoms with van der Waals surface area (Å²) in [5, 5.41) is 8.87. The molecule has 4 heteroatoms. The average molecular weight is 268 g/mol. The summed E-state index contributed by atoms with van der Waals surface area (Å²) in [5.74, 6) is -0.357. The van der Waals surface area contributed by atoms with Gasteiger partial charge in [0.05, 0.1) is 16.4 Å². The molecule has 1 rings (SSSR count). The molecule has 1 aromatic carbocycles. The summed E-state index contributed by atoms with van der Waals surface area (Å²) < 4.78 is 12.0. The van der Waals surface area contributed by atoms with Crippen molar-refractivity contribution in [2.24, 2.45) is 0 Å². The van der Waals surface area contributed by atoms with Gasteiger partial charge in [-0.3, -0.25) is 4.21 Å². The van der Waals surface area contributed by atoms with Crippen LogP contribution in [0.3, 0.4) is 0 Å². The quantitative estimate of drug-likeness (QED) is 0.734. The number of aromatic carboxylic acids is 1. The van der Waals surface area contributed by atoms with E-state index in [1.807, 2.05) is 0 Å². The third-order valence-electron chi connectivity index (χ3n) is 2.78. The molecule has 0 spiro atoms. The summed E-state index contributed by atoms with van der Waals surface area (Å²) in [5.41, 5.74) is 0.201. The second-order valence-electron chi connectivity index (χ2n) is 4.30. The molecule has 0 saturated heterocycles. The second-order valence-corrected chi connectivity index (χ2v) is 5.87. The van der Waals surface area contributed by atoms with Crippen molar-refractivity contribution >= 4 is 16.8 Å². The zero-order valence-electron chi connectivity index (χ0n) is 10.7. The molecule has 1 unspecified atom stereocenters. The molecule has 1 atom stereocenters. The van der Waals surface area contributed by atoms with E-state index >= 15 is 0 Å². The van der Waals surface area contributed by atoms with Gasteiger partial charge in [0.25, 0.3) is 0 Å². The number of carboxylic acids is 1. The molecule has 0 aromatic heterocycles. The van der Waals surface area contributed by atoms with Crippen molar-refractivity contribution in [2.45, 2.75) is 43.9 Å². The van der Waals surface area contributed by atoms with Crippen molar-refractivity contribution < 1.29 is 14.1 Å². The first-order valence-electron chi connectivity index (χ1n) is 6.37. The van der Waals surface area contributed by atoms with Gasteiger partial charge in [0.15, 0.2) is 0 Å². The van der Waals surface area contributed by atoms with Crippen molar-refractivity contribution in [3.8, 4) is 0 Å². The predicted octanol–water partition coefficient (Wildman–Crippen LogP) is 3.46. The van der Waals surface area contributed by atoms with E-state index < -0.39 is 16.8 Å². The van der Waals surface area contributed by atoms with E-state index in [-0.39, 0.29) is 5.56 Å². The van der Waals surface area contributed by atoms with E-state index in [0.29, 0.717) is 10.6 Å². The van der Waals surface area contributed by atoms with Crippen LogP contribution < -0.4 is 0 Å². The molecular weight excluding hydrogens is 248 g/mol. The highest BCUT2D eigenvalue weighted by Gasteiger charge is 2.07. The Morgan fingerprint density at radius 1 is 1.22 bits per heavy atom. The van der Waals surface area contributed by atoms with Gasteiger partial charge in [-0.15, -0.1) is 0 Å². The minimum atomic E-state index is -1.08. The minimum absolute atomic E-state index is 0.201. The van der Waals surface area contributed by atoms with Crippen molar-refractivity contribution in [1.29, 1.82) is 0 Å². The van der Waals surface area contributed by atoms with Gasteiger partial charge in [0.2, 0.25) is 0 Å². The first-order valence-corrected chi connectivity index (χ1v) is 7.68. The number of carboxylic acid groups (broad SMARTS) is 1. The van der Waals surface area contributed by atoms with Crippen LogP contribution in [0.5, 0.6) is 0 Å². The summed E-state index contributed by atoms with van der Waals surface area (Å²) in [4.78, 5) is 11.4. The first-order chi connectivity index (χ1) is 8.65. The van der Waals surface area contributed by atoms with Gasteiger partial charge in [-0.2, -0.15) is 0 Å². The Morgan fingerprint density at radius 3 is 2.61 bits per heavy atom. The third kappa shape index (κ3) is 5.00. The Kier molecular flexibility index (Phi) is 6.65. The Labute approximate surface area is 111 Å². The van der Waals surface area contributed by atoms with Crippen LogP contribution in [0, 0.1) is 0 Å². The SMILES string of the molecule is CCCCCCCS(=O)c1cccc(C(=O)O)c1. The highest BCUT2D eigenvalue weighted by molar-refractivity contribution is 7.85. The van der Waals surface area contributed by atoms with Gasteiger partial charge in [-0.05, 0) is 24.6 Å². The Hall–Kier alpha value is -1.16. The highest BCUT2D eigenvalue weighted by Crippen LogP contribution is 2.12. The largest absolute Gasteiger partial charge is 0.478 e. The number of rotatable bonds is 8. The topological polar surface area (TPSA) is 54.4 Å². The lowest BCUT2D eigenvalue weighted by atomic mass is 10.2. The summed E-state index contributed by atoms with van der Waals surface area (Å²) in [6, 6.07) is 6.40. The molecule has 0 heterocycles. The molecule has 0 fully saturated rings. The molecule has 0 aliphatic heterocycles. The maximum absolute atomic E-state index is 12.0. The van der Waals surface area contributed by atoms with Crippen molar-refractivity contribution in [2.75, 3.05) is 5.75 Å². The third-order valence-corrected chi connectivity index (χ3v) is 4.22. The van der Waals surface area contributed by atoms with Gasteiger partial charge in [0.1, 0.15) is 0 Å². The van der Waals surface area contributed by atoms with Gasteiger partial charge in [-0.1, -0.05) is 38.7 Å². The Balaban J connectivity index is 2.46. The molecule has 0 bridgehead atoms. The molecule has 0 aliphatic rings. The maximum Gasteiger partial charge on any atom is 0.335 e. The molecule has 1 aromatic rings. The number of carbonyl (C=O) groups is 1. The maximum atomic E-state index is 12.0. The van der Waals surface area contributed by atoms with Crippen molar-refractivity contribution in [1.82, 2.24) is 0 Å². The fourth-order valence-electron chi connectivity index (χ4n) is 1.73. The number of benzene rings is 1. The summed E-state index contributed by atoms with van der Waals surface area (Å²) in [7, 11) is -1.08. The van der Waals surface area contributed by atoms with E-state index in [9.17, 15) is 9.00 Å². The summed E-state index contributed by atoms with van der Waals surface area (Å²) >= 11 is 0. The average Bonchev–Trinajstić information content (AvgIpc) is 2.38. The molecule has 1 N–H and O–H groups in total. The fourth-order valence-corrected chi connectivity index (χ4v) is 2.92. The standard InChI is InChI=1S/C14H20O3S/c1-2-3-4-5-6-10-18(17)13-9-7-8-12(11-13)14(15)16/h7-9,11H,2-6,10H2,1H3,(H,15,16). The molecule has 0 amide bonds. The van der Waals surface area contributed by atoms with Crippen LogP contribution in [-0.2, 0) is 10.8 Å². The van der Waals surface area contributed by atoms with Crippen molar-refractivity contribution in [3.63, 3.8) is 0 Å². The van der Waals surface area contributed by atoms with Gasteiger partial charge < -0.3 is 5.11 Å². The van der Waals surface area contributed by atoms with Crippen LogP contribution in [0.1, 0.15) is 49.4 Å². The number of unbranched alkanes of at least 4 members (excludes halogenated alkanes) is 4. The van der Waals surface area contributed by atoms with Crippen LogP contribution in [0.4, 0.5) is 0 Å². The van der Waals surface area contributed by atoms with E-state index in [1.165, 1.54) is 31.4 Å². The van der Waals surface area contributed by atoms with Crippen LogP contribution in [0.25, 0.3) is 0 Å². The van der Waals surface area contributed by atoms with Gasteiger partial charge in [-0.25, -0.2) is 4.79 Å².